The molecular weight excluding hydrogens is 296 g/mol. The molecule has 1 saturated carbocycles. The van der Waals surface area contributed by atoms with Gasteiger partial charge in [0.2, 0.25) is 0 Å². The summed E-state index contributed by atoms with van der Waals surface area (Å²) in [6, 6.07) is 0. The van der Waals surface area contributed by atoms with Crippen molar-refractivity contribution in [1.82, 2.24) is 5.32 Å². The summed E-state index contributed by atoms with van der Waals surface area (Å²) in [4.78, 5) is 23.3. The van der Waals surface area contributed by atoms with E-state index in [1.807, 2.05) is 0 Å². The molecule has 0 unspecified atom stereocenters. The van der Waals surface area contributed by atoms with Crippen molar-refractivity contribution in [2.24, 2.45) is 17.3 Å². The molecule has 0 aromatic rings. The van der Waals surface area contributed by atoms with E-state index in [0.717, 1.165) is 0 Å². The predicted octanol–water partition coefficient (Wildman–Crippen LogP) is 2.99. The highest BCUT2D eigenvalue weighted by atomic mass is 35.6. The van der Waals surface area contributed by atoms with Gasteiger partial charge in [-0.25, -0.2) is 0 Å². The van der Waals surface area contributed by atoms with Gasteiger partial charge in [0, 0.05) is 11.3 Å². The van der Waals surface area contributed by atoms with Crippen molar-refractivity contribution in [3.8, 4) is 0 Å². The Morgan fingerprint density at radius 3 is 2.33 bits per heavy atom. The summed E-state index contributed by atoms with van der Waals surface area (Å²) in [6.07, 6.45) is 0.666. The SMILES string of the molecule is CC(=O)C1=C(NC(=O)C(Cl)(Cl)Cl)C[C@@H]2[C@@H]1C2(C)C. The zero-order chi connectivity index (χ0) is 13.9. The van der Waals surface area contributed by atoms with Crippen LogP contribution in [0.5, 0.6) is 0 Å². The van der Waals surface area contributed by atoms with Crippen molar-refractivity contribution in [3.05, 3.63) is 11.3 Å². The first-order valence-electron chi connectivity index (χ1n) is 5.69. The van der Waals surface area contributed by atoms with Crippen LogP contribution >= 0.6 is 34.8 Å². The number of hydrogen-bond donors (Lipinski definition) is 1. The molecule has 100 valence electrons. The van der Waals surface area contributed by atoms with E-state index in [-0.39, 0.29) is 17.1 Å². The first-order valence-corrected chi connectivity index (χ1v) is 6.82. The lowest BCUT2D eigenvalue weighted by Crippen LogP contribution is -2.35. The van der Waals surface area contributed by atoms with E-state index in [1.165, 1.54) is 6.92 Å². The Morgan fingerprint density at radius 1 is 1.33 bits per heavy atom. The number of fused-ring (bicyclic) bond motifs is 1. The highest BCUT2D eigenvalue weighted by Gasteiger charge is 2.64. The minimum Gasteiger partial charge on any atom is -0.326 e. The molecule has 0 saturated heterocycles. The van der Waals surface area contributed by atoms with Crippen molar-refractivity contribution in [3.63, 3.8) is 0 Å². The number of rotatable bonds is 2. The fourth-order valence-corrected chi connectivity index (χ4v) is 3.12. The predicted molar refractivity (Wildman–Crippen MR) is 71.5 cm³/mol. The number of carbonyl (C=O) groups is 2. The molecule has 0 radical (unpaired) electrons. The van der Waals surface area contributed by atoms with E-state index in [4.69, 9.17) is 34.8 Å². The van der Waals surface area contributed by atoms with Crippen LogP contribution in [0.1, 0.15) is 27.2 Å². The zero-order valence-corrected chi connectivity index (χ0v) is 12.6. The Morgan fingerprint density at radius 2 is 1.89 bits per heavy atom. The third kappa shape index (κ3) is 2.17. The molecule has 3 nitrogen and oxygen atoms in total. The van der Waals surface area contributed by atoms with Crippen molar-refractivity contribution in [2.75, 3.05) is 0 Å². The summed E-state index contributed by atoms with van der Waals surface area (Å²) in [7, 11) is 0. The van der Waals surface area contributed by atoms with Crippen molar-refractivity contribution in [1.29, 1.82) is 0 Å². The minimum atomic E-state index is -2.00. The number of nitrogens with one attached hydrogen (secondary N) is 1. The molecule has 6 heteroatoms. The van der Waals surface area contributed by atoms with Gasteiger partial charge in [-0.05, 0) is 30.6 Å². The van der Waals surface area contributed by atoms with Crippen LogP contribution in [0, 0.1) is 17.3 Å². The number of carbonyl (C=O) groups excluding carboxylic acids is 2. The molecule has 2 aliphatic rings. The van der Waals surface area contributed by atoms with Crippen molar-refractivity contribution in [2.45, 2.75) is 31.0 Å². The number of halogens is 3. The highest BCUT2D eigenvalue weighted by Crippen LogP contribution is 2.68. The van der Waals surface area contributed by atoms with Gasteiger partial charge in [0.1, 0.15) is 0 Å². The van der Waals surface area contributed by atoms with Crippen LogP contribution in [0.2, 0.25) is 0 Å². The quantitative estimate of drug-likeness (QED) is 0.797. The van der Waals surface area contributed by atoms with Crippen LogP contribution in [0.4, 0.5) is 0 Å². The maximum atomic E-state index is 11.7. The van der Waals surface area contributed by atoms with Crippen LogP contribution in [-0.4, -0.2) is 15.5 Å². The summed E-state index contributed by atoms with van der Waals surface area (Å²) in [5.41, 5.74) is 1.44. The Labute approximate surface area is 121 Å². The minimum absolute atomic E-state index is 0.0207. The van der Waals surface area contributed by atoms with E-state index in [9.17, 15) is 9.59 Å². The van der Waals surface area contributed by atoms with E-state index in [2.05, 4.69) is 19.2 Å². The van der Waals surface area contributed by atoms with Gasteiger partial charge in [-0.15, -0.1) is 0 Å². The number of alkyl halides is 3. The van der Waals surface area contributed by atoms with Gasteiger partial charge >= 0.3 is 0 Å². The van der Waals surface area contributed by atoms with E-state index in [1.54, 1.807) is 0 Å². The second-order valence-corrected chi connectivity index (χ2v) is 7.79. The average Bonchev–Trinajstić information content (AvgIpc) is 2.59. The third-order valence-electron chi connectivity index (χ3n) is 4.01. The summed E-state index contributed by atoms with van der Waals surface area (Å²) < 4.78 is -2.00. The standard InChI is InChI=1S/C12H14Cl3NO2/c1-5(17)8-7(16-10(18)12(13,14)15)4-6-9(8)11(6,2)3/h6,9H,4H2,1-3H3,(H,16,18)/t6-,9+/m1/s1. The normalized spacial score (nSPS) is 29.0. The lowest BCUT2D eigenvalue weighted by molar-refractivity contribution is -0.119. The van der Waals surface area contributed by atoms with Crippen molar-refractivity contribution < 1.29 is 9.59 Å². The molecule has 2 aliphatic carbocycles. The van der Waals surface area contributed by atoms with Gasteiger partial charge in [0.05, 0.1) is 0 Å². The number of allylic oxidation sites excluding steroid dienone is 2. The fraction of sp³-hybridized carbons (Fsp3) is 0.667. The smallest absolute Gasteiger partial charge is 0.276 e. The summed E-state index contributed by atoms with van der Waals surface area (Å²) in [5, 5.41) is 2.57. The molecule has 2 atom stereocenters. The molecule has 18 heavy (non-hydrogen) atoms. The van der Waals surface area contributed by atoms with Gasteiger partial charge in [-0.1, -0.05) is 48.7 Å². The van der Waals surface area contributed by atoms with Crippen LogP contribution in [0.15, 0.2) is 11.3 Å². The van der Waals surface area contributed by atoms with Gasteiger partial charge in [-0.3, -0.25) is 9.59 Å². The second kappa shape index (κ2) is 4.12. The van der Waals surface area contributed by atoms with Crippen LogP contribution in [0.25, 0.3) is 0 Å². The monoisotopic (exact) mass is 309 g/mol. The van der Waals surface area contributed by atoms with Gasteiger partial charge in [0.15, 0.2) is 5.78 Å². The Balaban J connectivity index is 2.23. The first kappa shape index (κ1) is 14.2. The number of hydrogen-bond acceptors (Lipinski definition) is 2. The fourth-order valence-electron chi connectivity index (χ4n) is 2.97. The van der Waals surface area contributed by atoms with Gasteiger partial charge < -0.3 is 5.32 Å². The summed E-state index contributed by atoms with van der Waals surface area (Å²) >= 11 is 16.5. The molecule has 0 aliphatic heterocycles. The zero-order valence-electron chi connectivity index (χ0n) is 10.3. The average molecular weight is 311 g/mol. The lowest BCUT2D eigenvalue weighted by Gasteiger charge is -2.17. The molecule has 2 rings (SSSR count). The van der Waals surface area contributed by atoms with Gasteiger partial charge in [0.25, 0.3) is 9.70 Å². The van der Waals surface area contributed by atoms with Crippen LogP contribution < -0.4 is 5.32 Å². The molecule has 0 bridgehead atoms. The topological polar surface area (TPSA) is 46.2 Å². The van der Waals surface area contributed by atoms with Crippen LogP contribution in [-0.2, 0) is 9.59 Å². The van der Waals surface area contributed by atoms with E-state index >= 15 is 0 Å². The van der Waals surface area contributed by atoms with E-state index in [0.29, 0.717) is 23.6 Å². The Kier molecular flexibility index (Phi) is 3.24. The largest absolute Gasteiger partial charge is 0.326 e. The molecule has 1 amide bonds. The molecule has 0 aromatic carbocycles. The number of Topliss-reactive ketones (excluding diaryl/α,β-unsaturated/α-hetero) is 1. The third-order valence-corrected chi connectivity index (χ3v) is 4.53. The van der Waals surface area contributed by atoms with Crippen LogP contribution in [0.3, 0.4) is 0 Å². The first-order chi connectivity index (χ1) is 8.06. The number of ketones is 1. The molecule has 1 fully saturated rings. The van der Waals surface area contributed by atoms with E-state index < -0.39 is 9.70 Å². The maximum absolute atomic E-state index is 11.7. The molecule has 0 spiro atoms. The molecule has 0 heterocycles. The maximum Gasteiger partial charge on any atom is 0.276 e. The summed E-state index contributed by atoms with van der Waals surface area (Å²) in [6.45, 7) is 5.76. The lowest BCUT2D eigenvalue weighted by atomic mass is 9.96. The second-order valence-electron chi connectivity index (χ2n) is 5.51. The number of amides is 1. The van der Waals surface area contributed by atoms with Crippen molar-refractivity contribution >= 4 is 46.5 Å². The Hall–Kier alpha value is -0.250. The molecule has 0 aromatic heterocycles. The molecule has 1 N–H and O–H groups in total. The van der Waals surface area contributed by atoms with Gasteiger partial charge in [-0.2, -0.15) is 0 Å². The summed E-state index contributed by atoms with van der Waals surface area (Å²) in [5.74, 6) is -0.101. The molecular formula is C12H14Cl3NO2. The Bertz CT molecular complexity index is 462. The highest BCUT2D eigenvalue weighted by molar-refractivity contribution is 6.76.